The first-order chi connectivity index (χ1) is 8.31. The number of hydrogen-bond acceptors (Lipinski definition) is 3. The molecule has 1 aromatic carbocycles. The van der Waals surface area contributed by atoms with Gasteiger partial charge in [0.2, 0.25) is 0 Å². The second-order valence-electron chi connectivity index (χ2n) is 4.42. The van der Waals surface area contributed by atoms with Crippen LogP contribution in [0.2, 0.25) is 5.02 Å². The Kier molecular flexibility index (Phi) is 3.05. The lowest BCUT2D eigenvalue weighted by molar-refractivity contribution is 0.218. The molecule has 0 spiro atoms. The number of benzene rings is 1. The van der Waals surface area contributed by atoms with Crippen LogP contribution in [-0.4, -0.2) is 31.1 Å². The van der Waals surface area contributed by atoms with Gasteiger partial charge in [-0.25, -0.2) is 0 Å². The van der Waals surface area contributed by atoms with E-state index < -0.39 is 0 Å². The van der Waals surface area contributed by atoms with E-state index in [-0.39, 0.29) is 0 Å². The van der Waals surface area contributed by atoms with Crippen LogP contribution in [0.1, 0.15) is 5.76 Å². The standard InChI is InChI=1S/C13H15ClN2O/c14-11-1-2-13-10(7-11)8-12(17-13)9-16-5-3-15-4-6-16/h1-2,7-8,15H,3-6,9H2. The lowest BCUT2D eigenvalue weighted by atomic mass is 10.2. The van der Waals surface area contributed by atoms with Gasteiger partial charge in [-0.05, 0) is 24.3 Å². The topological polar surface area (TPSA) is 28.4 Å². The fraction of sp³-hybridized carbons (Fsp3) is 0.385. The largest absolute Gasteiger partial charge is 0.460 e. The van der Waals surface area contributed by atoms with E-state index in [9.17, 15) is 0 Å². The molecule has 1 aliphatic rings. The molecule has 0 atom stereocenters. The van der Waals surface area contributed by atoms with Crippen molar-refractivity contribution in [3.63, 3.8) is 0 Å². The third-order valence-electron chi connectivity index (χ3n) is 3.12. The maximum atomic E-state index is 5.96. The Morgan fingerprint density at radius 3 is 2.88 bits per heavy atom. The lowest BCUT2D eigenvalue weighted by Gasteiger charge is -2.26. The highest BCUT2D eigenvalue weighted by atomic mass is 35.5. The zero-order valence-electron chi connectivity index (χ0n) is 9.58. The van der Waals surface area contributed by atoms with Gasteiger partial charge in [-0.2, -0.15) is 0 Å². The second-order valence-corrected chi connectivity index (χ2v) is 4.86. The van der Waals surface area contributed by atoms with Crippen molar-refractivity contribution >= 4 is 22.6 Å². The summed E-state index contributed by atoms with van der Waals surface area (Å²) < 4.78 is 5.81. The monoisotopic (exact) mass is 250 g/mol. The molecule has 0 bridgehead atoms. The molecule has 1 saturated heterocycles. The zero-order valence-corrected chi connectivity index (χ0v) is 10.3. The highest BCUT2D eigenvalue weighted by Gasteiger charge is 2.12. The minimum absolute atomic E-state index is 0.757. The van der Waals surface area contributed by atoms with Crippen molar-refractivity contribution in [3.8, 4) is 0 Å². The molecular weight excluding hydrogens is 236 g/mol. The number of hydrogen-bond donors (Lipinski definition) is 1. The third kappa shape index (κ3) is 2.46. The molecule has 1 aromatic heterocycles. The molecule has 0 amide bonds. The Balaban J connectivity index is 1.80. The van der Waals surface area contributed by atoms with Crippen molar-refractivity contribution in [1.82, 2.24) is 10.2 Å². The summed E-state index contributed by atoms with van der Waals surface area (Å²) in [5.74, 6) is 1.02. The first kappa shape index (κ1) is 11.1. The highest BCUT2D eigenvalue weighted by Crippen LogP contribution is 2.23. The predicted octanol–water partition coefficient (Wildman–Crippen LogP) is 2.49. The van der Waals surface area contributed by atoms with Crippen molar-refractivity contribution < 1.29 is 4.42 Å². The molecular formula is C13H15ClN2O. The van der Waals surface area contributed by atoms with Crippen LogP contribution in [0, 0.1) is 0 Å². The van der Waals surface area contributed by atoms with Gasteiger partial charge < -0.3 is 9.73 Å². The van der Waals surface area contributed by atoms with Crippen LogP contribution in [0.5, 0.6) is 0 Å². The number of nitrogens with one attached hydrogen (secondary N) is 1. The summed E-state index contributed by atoms with van der Waals surface area (Å²) >= 11 is 5.96. The van der Waals surface area contributed by atoms with E-state index in [1.807, 2.05) is 18.2 Å². The average molecular weight is 251 g/mol. The summed E-state index contributed by atoms with van der Waals surface area (Å²) in [5, 5.41) is 5.19. The molecule has 90 valence electrons. The average Bonchev–Trinajstić information content (AvgIpc) is 2.71. The van der Waals surface area contributed by atoms with Crippen molar-refractivity contribution in [2.75, 3.05) is 26.2 Å². The van der Waals surface area contributed by atoms with Crippen LogP contribution in [0.15, 0.2) is 28.7 Å². The van der Waals surface area contributed by atoms with E-state index in [2.05, 4.69) is 16.3 Å². The smallest absolute Gasteiger partial charge is 0.134 e. The maximum absolute atomic E-state index is 5.96. The summed E-state index contributed by atoms with van der Waals surface area (Å²) in [4.78, 5) is 2.40. The molecule has 1 N–H and O–H groups in total. The molecule has 17 heavy (non-hydrogen) atoms. The molecule has 4 heteroatoms. The number of furan rings is 1. The molecule has 3 rings (SSSR count). The first-order valence-corrected chi connectivity index (χ1v) is 6.30. The van der Waals surface area contributed by atoms with E-state index in [0.717, 1.165) is 54.5 Å². The van der Waals surface area contributed by atoms with Gasteiger partial charge in [0.15, 0.2) is 0 Å². The highest BCUT2D eigenvalue weighted by molar-refractivity contribution is 6.31. The van der Waals surface area contributed by atoms with Gasteiger partial charge in [0, 0.05) is 36.6 Å². The lowest BCUT2D eigenvalue weighted by Crippen LogP contribution is -2.42. The van der Waals surface area contributed by atoms with Crippen molar-refractivity contribution in [1.29, 1.82) is 0 Å². The molecule has 3 nitrogen and oxygen atoms in total. The van der Waals surface area contributed by atoms with Crippen LogP contribution in [0.3, 0.4) is 0 Å². The second kappa shape index (κ2) is 4.69. The predicted molar refractivity (Wildman–Crippen MR) is 69.4 cm³/mol. The molecule has 0 saturated carbocycles. The van der Waals surface area contributed by atoms with Gasteiger partial charge in [-0.3, -0.25) is 4.90 Å². The van der Waals surface area contributed by atoms with E-state index in [0.29, 0.717) is 0 Å². The van der Waals surface area contributed by atoms with E-state index in [1.165, 1.54) is 0 Å². The van der Waals surface area contributed by atoms with Crippen LogP contribution >= 0.6 is 11.6 Å². The van der Waals surface area contributed by atoms with Crippen LogP contribution < -0.4 is 5.32 Å². The molecule has 0 aliphatic carbocycles. The Labute approximate surface area is 105 Å². The number of fused-ring (bicyclic) bond motifs is 1. The van der Waals surface area contributed by atoms with E-state index in [1.54, 1.807) is 0 Å². The maximum Gasteiger partial charge on any atom is 0.134 e. The fourth-order valence-electron chi connectivity index (χ4n) is 2.24. The Bertz CT molecular complexity index is 517. The van der Waals surface area contributed by atoms with E-state index in [4.69, 9.17) is 16.0 Å². The molecule has 0 radical (unpaired) electrons. The quantitative estimate of drug-likeness (QED) is 0.888. The summed E-state index contributed by atoms with van der Waals surface area (Å²) in [6, 6.07) is 7.83. The van der Waals surface area contributed by atoms with Crippen LogP contribution in [0.25, 0.3) is 11.0 Å². The normalized spacial score (nSPS) is 17.7. The SMILES string of the molecule is Clc1ccc2oc(CN3CCNCC3)cc2c1. The van der Waals surface area contributed by atoms with Gasteiger partial charge in [0.25, 0.3) is 0 Å². The van der Waals surface area contributed by atoms with Crippen molar-refractivity contribution in [2.45, 2.75) is 6.54 Å². The first-order valence-electron chi connectivity index (χ1n) is 5.92. The molecule has 2 heterocycles. The van der Waals surface area contributed by atoms with Crippen LogP contribution in [0.4, 0.5) is 0 Å². The van der Waals surface area contributed by atoms with Gasteiger partial charge in [-0.1, -0.05) is 11.6 Å². The van der Waals surface area contributed by atoms with Gasteiger partial charge in [0.05, 0.1) is 6.54 Å². The number of halogens is 1. The minimum atomic E-state index is 0.757. The summed E-state index contributed by atoms with van der Waals surface area (Å²) in [5.41, 5.74) is 0.916. The summed E-state index contributed by atoms with van der Waals surface area (Å²) in [6.07, 6.45) is 0. The third-order valence-corrected chi connectivity index (χ3v) is 3.35. The molecule has 0 unspecified atom stereocenters. The Morgan fingerprint density at radius 1 is 1.24 bits per heavy atom. The Hall–Kier alpha value is -1.03. The number of rotatable bonds is 2. The zero-order chi connectivity index (χ0) is 11.7. The van der Waals surface area contributed by atoms with E-state index >= 15 is 0 Å². The van der Waals surface area contributed by atoms with Gasteiger partial charge in [-0.15, -0.1) is 0 Å². The molecule has 2 aromatic rings. The molecule has 1 fully saturated rings. The summed E-state index contributed by atoms with van der Waals surface area (Å²) in [7, 11) is 0. The summed E-state index contributed by atoms with van der Waals surface area (Å²) in [6.45, 7) is 5.17. The number of piperazine rings is 1. The van der Waals surface area contributed by atoms with Gasteiger partial charge >= 0.3 is 0 Å². The van der Waals surface area contributed by atoms with Crippen molar-refractivity contribution in [2.24, 2.45) is 0 Å². The molecule has 1 aliphatic heterocycles. The minimum Gasteiger partial charge on any atom is -0.460 e. The van der Waals surface area contributed by atoms with Crippen LogP contribution in [-0.2, 0) is 6.54 Å². The van der Waals surface area contributed by atoms with Gasteiger partial charge in [0.1, 0.15) is 11.3 Å². The fourth-order valence-corrected chi connectivity index (χ4v) is 2.42. The van der Waals surface area contributed by atoms with Crippen molar-refractivity contribution in [3.05, 3.63) is 35.0 Å². The number of nitrogens with zero attached hydrogens (tertiary/aromatic N) is 1. The Morgan fingerprint density at radius 2 is 2.06 bits per heavy atom.